The number of benzene rings is 2. The van der Waals surface area contributed by atoms with E-state index in [0.717, 1.165) is 53.9 Å². The van der Waals surface area contributed by atoms with Gasteiger partial charge in [-0.1, -0.05) is 6.07 Å². The van der Waals surface area contributed by atoms with E-state index >= 15 is 0 Å². The Balaban J connectivity index is 0.00000134. The molecule has 0 aromatic heterocycles. The van der Waals surface area contributed by atoms with Crippen molar-refractivity contribution < 1.29 is 23.8 Å². The van der Waals surface area contributed by atoms with Crippen LogP contribution in [0.1, 0.15) is 52.0 Å². The Labute approximate surface area is 231 Å². The molecule has 0 radical (unpaired) electrons. The topological polar surface area (TPSA) is 157 Å². The van der Waals surface area contributed by atoms with Gasteiger partial charge in [0, 0.05) is 40.1 Å². The van der Waals surface area contributed by atoms with Crippen molar-refractivity contribution in [3.8, 4) is 5.75 Å². The number of fused-ring (bicyclic) bond motifs is 1. The number of hydrogen-bond donors (Lipinski definition) is 3. The molecule has 0 bridgehead atoms. The molecule has 210 valence electrons. The van der Waals surface area contributed by atoms with Crippen LogP contribution in [0, 0.1) is 16.0 Å². The molecule has 2 aromatic rings. The number of nitro groups is 1. The van der Waals surface area contributed by atoms with Crippen molar-refractivity contribution >= 4 is 34.5 Å². The van der Waals surface area contributed by atoms with E-state index in [1.54, 1.807) is 12.1 Å². The second-order valence-electron chi connectivity index (χ2n) is 10.5. The average molecular weight is 557 g/mol. The Hall–Kier alpha value is -3.73. The fourth-order valence-electron chi connectivity index (χ4n) is 4.70. The first-order valence-corrected chi connectivity index (χ1v) is 14.2. The van der Waals surface area contributed by atoms with Crippen LogP contribution in [0.3, 0.4) is 0 Å². The Bertz CT molecular complexity index is 1250. The minimum Gasteiger partial charge on any atom is -0.490 e. The van der Waals surface area contributed by atoms with Gasteiger partial charge in [0.2, 0.25) is 0 Å². The maximum Gasteiger partial charge on any atom is 0.290 e. The molecule has 2 aliphatic rings. The van der Waals surface area contributed by atoms with Crippen LogP contribution >= 0.6 is 0 Å². The van der Waals surface area contributed by atoms with Crippen molar-refractivity contribution in [2.75, 3.05) is 11.1 Å². The van der Waals surface area contributed by atoms with Gasteiger partial charge >= 0.3 is 0 Å². The molecule has 0 spiro atoms. The number of allylic oxidation sites excluding steroid dienone is 1. The summed E-state index contributed by atoms with van der Waals surface area (Å²) >= 11 is 0. The summed E-state index contributed by atoms with van der Waals surface area (Å²) in [6.45, 7) is 5.87. The highest BCUT2D eigenvalue weighted by Gasteiger charge is 2.28. The predicted molar refractivity (Wildman–Crippen MR) is 153 cm³/mol. The van der Waals surface area contributed by atoms with Gasteiger partial charge in [0.25, 0.3) is 12.2 Å². The number of anilines is 1. The van der Waals surface area contributed by atoms with E-state index in [0.29, 0.717) is 17.3 Å². The van der Waals surface area contributed by atoms with E-state index in [9.17, 15) is 14.3 Å². The number of carboxylic acid groups (broad SMARTS) is 1. The van der Waals surface area contributed by atoms with Crippen molar-refractivity contribution in [1.82, 2.24) is 0 Å². The molecule has 0 amide bonds. The van der Waals surface area contributed by atoms with Crippen LogP contribution in [-0.2, 0) is 22.0 Å². The minimum atomic E-state index is -0.964. The van der Waals surface area contributed by atoms with Crippen molar-refractivity contribution in [1.29, 1.82) is 0 Å². The minimum absolute atomic E-state index is 0.00417. The van der Waals surface area contributed by atoms with Gasteiger partial charge in [0.1, 0.15) is 11.6 Å². The summed E-state index contributed by atoms with van der Waals surface area (Å²) in [6.07, 6.45) is 6.22. The largest absolute Gasteiger partial charge is 0.490 e. The molecule has 1 aliphatic heterocycles. The zero-order valence-electron chi connectivity index (χ0n) is 22.5. The third kappa shape index (κ3) is 8.64. The fourth-order valence-corrected chi connectivity index (χ4v) is 6.05. The lowest BCUT2D eigenvalue weighted by molar-refractivity contribution is -0.384. The van der Waals surface area contributed by atoms with Gasteiger partial charge in [-0.05, 0) is 88.8 Å². The van der Waals surface area contributed by atoms with E-state index in [1.807, 2.05) is 45.0 Å². The van der Waals surface area contributed by atoms with Gasteiger partial charge in [-0.25, -0.2) is 0 Å². The molecule has 1 aliphatic carbocycles. The lowest BCUT2D eigenvalue weighted by atomic mass is 10.0. The molecule has 39 heavy (non-hydrogen) atoms. The highest BCUT2D eigenvalue weighted by atomic mass is 32.2. The second kappa shape index (κ2) is 13.4. The molecule has 1 fully saturated rings. The van der Waals surface area contributed by atoms with Crippen molar-refractivity contribution in [3.05, 3.63) is 69.9 Å². The summed E-state index contributed by atoms with van der Waals surface area (Å²) in [5, 5.41) is 21.2. The standard InChI is InChI=1S/C27H34N4O4S.CH2O2/c1-27(2,3)30-26(29-24-7-4-8-25-22(24)6-5-15-36(25)34)17-23(28)18-9-12-21(16-18)35-20-13-10-19(11-14-20)31(32)33;2-1-3/h4,7-8,10-11,13-14,17-18,21H,5-6,9,12,15-16,28H2,1-3H3,(H,29,30);1H,(H,2,3)/b23-17-;. The van der Waals surface area contributed by atoms with E-state index < -0.39 is 15.7 Å². The van der Waals surface area contributed by atoms with Crippen LogP contribution in [0.15, 0.2) is 64.1 Å². The van der Waals surface area contributed by atoms with Crippen LogP contribution in [0.4, 0.5) is 11.4 Å². The number of carbonyl (C=O) groups is 1. The molecule has 1 heterocycles. The zero-order valence-corrected chi connectivity index (χ0v) is 23.3. The number of nitrogens with two attached hydrogens (primary N) is 1. The second-order valence-corrected chi connectivity index (χ2v) is 12.0. The van der Waals surface area contributed by atoms with E-state index in [1.165, 1.54) is 12.1 Å². The van der Waals surface area contributed by atoms with Crippen LogP contribution in [0.25, 0.3) is 0 Å². The number of hydrogen-bond acceptors (Lipinski definition) is 7. The van der Waals surface area contributed by atoms with Gasteiger partial charge in [-0.2, -0.15) is 0 Å². The average Bonchev–Trinajstić information content (AvgIpc) is 3.33. The number of non-ortho nitro benzene ring substituents is 1. The van der Waals surface area contributed by atoms with Crippen molar-refractivity contribution in [2.24, 2.45) is 16.6 Å². The maximum atomic E-state index is 12.5. The Morgan fingerprint density at radius 1 is 1.23 bits per heavy atom. The zero-order chi connectivity index (χ0) is 28.6. The highest BCUT2D eigenvalue weighted by Crippen LogP contribution is 2.33. The van der Waals surface area contributed by atoms with Gasteiger partial charge in [0.15, 0.2) is 0 Å². The molecule has 10 nitrogen and oxygen atoms in total. The first-order valence-electron chi connectivity index (χ1n) is 12.8. The number of nitrogens with one attached hydrogen (secondary N) is 1. The van der Waals surface area contributed by atoms with Gasteiger partial charge in [-0.3, -0.25) is 24.1 Å². The normalized spacial score (nSPS) is 21.3. The van der Waals surface area contributed by atoms with E-state index in [2.05, 4.69) is 5.32 Å². The summed E-state index contributed by atoms with van der Waals surface area (Å²) in [7, 11) is -0.964. The van der Waals surface area contributed by atoms with Crippen molar-refractivity contribution in [2.45, 2.75) is 69.4 Å². The van der Waals surface area contributed by atoms with Crippen molar-refractivity contribution in [3.63, 3.8) is 0 Å². The van der Waals surface area contributed by atoms with E-state index in [-0.39, 0.29) is 29.7 Å². The lowest BCUT2D eigenvalue weighted by Crippen LogP contribution is -2.23. The third-order valence-corrected chi connectivity index (χ3v) is 7.90. The number of amidine groups is 1. The third-order valence-electron chi connectivity index (χ3n) is 6.36. The molecule has 4 rings (SSSR count). The molecular formula is C28H36N4O6S. The molecule has 0 saturated heterocycles. The SMILES string of the molecule is CC(C)(C)N=C(/C=C(\N)C1CCC(Oc2ccc([N+](=O)[O-])cc2)C1)Nc1cccc2c1CCCS2=O.O=CO. The van der Waals surface area contributed by atoms with E-state index in [4.69, 9.17) is 25.4 Å². The molecule has 11 heteroatoms. The summed E-state index contributed by atoms with van der Waals surface area (Å²) < 4.78 is 18.6. The number of aliphatic imine (C=N–C) groups is 1. The Kier molecular flexibility index (Phi) is 10.2. The Morgan fingerprint density at radius 3 is 2.56 bits per heavy atom. The van der Waals surface area contributed by atoms with Gasteiger partial charge in [-0.15, -0.1) is 0 Å². The van der Waals surface area contributed by atoms with Gasteiger partial charge in [0.05, 0.1) is 27.4 Å². The summed E-state index contributed by atoms with van der Waals surface area (Å²) in [6, 6.07) is 12.1. The molecule has 2 aromatic carbocycles. The summed E-state index contributed by atoms with van der Waals surface area (Å²) in [4.78, 5) is 24.6. The molecule has 3 unspecified atom stereocenters. The number of rotatable bonds is 6. The fraction of sp³-hybridized carbons (Fsp3) is 0.429. The first-order chi connectivity index (χ1) is 18.5. The van der Waals surface area contributed by atoms with Crippen LogP contribution < -0.4 is 15.8 Å². The monoisotopic (exact) mass is 556 g/mol. The maximum absolute atomic E-state index is 12.5. The number of nitrogens with zero attached hydrogens (tertiary/aromatic N) is 2. The lowest BCUT2D eigenvalue weighted by Gasteiger charge is -2.22. The van der Waals surface area contributed by atoms with Crippen LogP contribution in [0.2, 0.25) is 0 Å². The summed E-state index contributed by atoms with van der Waals surface area (Å²) in [5.74, 6) is 2.16. The van der Waals surface area contributed by atoms with Gasteiger partial charge < -0.3 is 20.9 Å². The quantitative estimate of drug-likeness (QED) is 0.147. The Morgan fingerprint density at radius 2 is 1.92 bits per heavy atom. The predicted octanol–water partition coefficient (Wildman–Crippen LogP) is 5.05. The van der Waals surface area contributed by atoms with Crippen LogP contribution in [0.5, 0.6) is 5.75 Å². The molecular weight excluding hydrogens is 520 g/mol. The molecule has 4 N–H and O–H groups in total. The number of ether oxygens (including phenoxy) is 1. The number of nitro benzene ring substituents is 1. The first kappa shape index (κ1) is 29.8. The smallest absolute Gasteiger partial charge is 0.290 e. The molecule has 3 atom stereocenters. The van der Waals surface area contributed by atoms with Crippen LogP contribution in [-0.4, -0.2) is 43.9 Å². The summed E-state index contributed by atoms with van der Waals surface area (Å²) in [5.41, 5.74) is 9.08. The molecule has 1 saturated carbocycles. The highest BCUT2D eigenvalue weighted by molar-refractivity contribution is 7.85.